The monoisotopic (exact) mass is 160 g/mol. The van der Waals surface area contributed by atoms with Crippen LogP contribution in [0.4, 0.5) is 0 Å². The molecule has 0 bridgehead atoms. The highest BCUT2D eigenvalue weighted by atomic mass is 13.7. The van der Waals surface area contributed by atoms with Crippen LogP contribution in [0.15, 0.2) is 60.7 Å². The van der Waals surface area contributed by atoms with Gasteiger partial charge in [-0.2, -0.15) is 0 Å². The lowest BCUT2D eigenvalue weighted by Gasteiger charge is -1.69. The fourth-order valence-electron chi connectivity index (χ4n) is 0.642. The minimum Gasteiger partial charge on any atom is -0.0683 e. The van der Waals surface area contributed by atoms with Crippen LogP contribution >= 0.6 is 0 Å². The quantitative estimate of drug-likeness (QED) is 0.541. The molecule has 0 radical (unpaired) electrons. The Morgan fingerprint density at radius 3 is 0.500 bits per heavy atom. The van der Waals surface area contributed by atoms with Crippen LogP contribution in [-0.4, -0.2) is 0 Å². The number of hydrogen-bond donors (Lipinski definition) is 0. The minimum absolute atomic E-state index is 2.00. The van der Waals surface area contributed by atoms with Gasteiger partial charge in [-0.05, 0) is 0 Å². The van der Waals surface area contributed by atoms with Crippen LogP contribution in [-0.2, 0) is 0 Å². The van der Waals surface area contributed by atoms with E-state index in [9.17, 15) is 0 Å². The molecule has 0 amide bonds. The SMILES string of the molecule is CC.c1ccccccccc1. The van der Waals surface area contributed by atoms with E-state index < -0.39 is 0 Å². The van der Waals surface area contributed by atoms with E-state index in [1.165, 1.54) is 0 Å². The number of rotatable bonds is 0. The summed E-state index contributed by atoms with van der Waals surface area (Å²) in [4.78, 5) is 0. The van der Waals surface area contributed by atoms with Crippen LogP contribution in [0, 0.1) is 0 Å². The summed E-state index contributed by atoms with van der Waals surface area (Å²) < 4.78 is 0. The minimum atomic E-state index is 2.00. The van der Waals surface area contributed by atoms with E-state index in [1.807, 2.05) is 74.5 Å². The molecule has 1 aromatic carbocycles. The van der Waals surface area contributed by atoms with Gasteiger partial charge in [0.2, 0.25) is 0 Å². The maximum absolute atomic E-state index is 2.00. The molecular formula is C12H16. The molecule has 0 fully saturated rings. The predicted molar refractivity (Wildman–Crippen MR) is 55.4 cm³/mol. The maximum Gasteiger partial charge on any atom is -0.0623 e. The molecule has 1 rings (SSSR count). The van der Waals surface area contributed by atoms with E-state index in [4.69, 9.17) is 0 Å². The summed E-state index contributed by atoms with van der Waals surface area (Å²) in [5.74, 6) is 0. The van der Waals surface area contributed by atoms with Gasteiger partial charge in [0.15, 0.2) is 0 Å². The van der Waals surface area contributed by atoms with Crippen molar-refractivity contribution in [2.45, 2.75) is 13.8 Å². The van der Waals surface area contributed by atoms with Gasteiger partial charge in [0.25, 0.3) is 0 Å². The third-order valence-electron chi connectivity index (χ3n) is 1.11. The van der Waals surface area contributed by atoms with Crippen LogP contribution < -0.4 is 0 Å². The standard InChI is InChI=1S/C10H10.C2H6/c1-2-4-6-8-10-9-7-5-3-1;1-2/h1-10H;1-2H3. The van der Waals surface area contributed by atoms with Crippen molar-refractivity contribution in [1.82, 2.24) is 0 Å². The van der Waals surface area contributed by atoms with Gasteiger partial charge in [-0.3, -0.25) is 0 Å². The third kappa shape index (κ3) is 6.81. The Morgan fingerprint density at radius 2 is 0.417 bits per heavy atom. The van der Waals surface area contributed by atoms with Crippen LogP contribution in [0.5, 0.6) is 0 Å². The zero-order chi connectivity index (χ0) is 9.07. The summed E-state index contributed by atoms with van der Waals surface area (Å²) in [5.41, 5.74) is 0. The lowest BCUT2D eigenvalue weighted by atomic mass is 10.4. The summed E-state index contributed by atoms with van der Waals surface area (Å²) in [5, 5.41) is 0. The number of hydrogen-bond acceptors (Lipinski definition) is 0. The molecule has 0 aliphatic rings. The fraction of sp³-hybridized carbons (Fsp3) is 0.167. The van der Waals surface area contributed by atoms with Gasteiger partial charge >= 0.3 is 0 Å². The van der Waals surface area contributed by atoms with Crippen molar-refractivity contribution < 1.29 is 0 Å². The smallest absolute Gasteiger partial charge is 0.0623 e. The summed E-state index contributed by atoms with van der Waals surface area (Å²) in [6.45, 7) is 4.00. The Morgan fingerprint density at radius 1 is 0.333 bits per heavy atom. The topological polar surface area (TPSA) is 0 Å². The lowest BCUT2D eigenvalue weighted by molar-refractivity contribution is 1.50. The molecule has 64 valence electrons. The predicted octanol–water partition coefficient (Wildman–Crippen LogP) is 3.84. The average molecular weight is 160 g/mol. The zero-order valence-corrected chi connectivity index (χ0v) is 7.77. The molecule has 12 heavy (non-hydrogen) atoms. The first-order valence-electron chi connectivity index (χ1n) is 4.33. The van der Waals surface area contributed by atoms with Gasteiger partial charge in [0.05, 0.1) is 0 Å². The van der Waals surface area contributed by atoms with E-state index >= 15 is 0 Å². The average Bonchev–Trinajstić information content (AvgIpc) is 2.18. The molecule has 0 aromatic heterocycles. The first-order valence-corrected chi connectivity index (χ1v) is 4.33. The first-order chi connectivity index (χ1) is 6.00. The fourth-order valence-corrected chi connectivity index (χ4v) is 0.642. The third-order valence-corrected chi connectivity index (χ3v) is 1.11. The van der Waals surface area contributed by atoms with Crippen LogP contribution in [0.1, 0.15) is 13.8 Å². The molecule has 0 aliphatic carbocycles. The Balaban J connectivity index is 0.000000561. The molecule has 0 aliphatic heterocycles. The van der Waals surface area contributed by atoms with Crippen molar-refractivity contribution in [3.8, 4) is 0 Å². The van der Waals surface area contributed by atoms with Gasteiger partial charge in [0.1, 0.15) is 0 Å². The molecule has 0 heteroatoms. The van der Waals surface area contributed by atoms with Crippen LogP contribution in [0.3, 0.4) is 0 Å². The molecule has 1 aromatic rings. The van der Waals surface area contributed by atoms with E-state index in [0.29, 0.717) is 0 Å². The van der Waals surface area contributed by atoms with Crippen LogP contribution in [0.25, 0.3) is 0 Å². The van der Waals surface area contributed by atoms with Crippen molar-refractivity contribution in [2.75, 3.05) is 0 Å². The molecular weight excluding hydrogens is 144 g/mol. The first kappa shape index (κ1) is 10.7. The largest absolute Gasteiger partial charge is 0.0683 e. The molecule has 0 saturated carbocycles. The lowest BCUT2D eigenvalue weighted by Crippen LogP contribution is -1.47. The molecule has 0 unspecified atom stereocenters. The van der Waals surface area contributed by atoms with Gasteiger partial charge < -0.3 is 0 Å². The Labute approximate surface area is 75.2 Å². The molecule has 0 nitrogen and oxygen atoms in total. The van der Waals surface area contributed by atoms with Crippen molar-refractivity contribution in [1.29, 1.82) is 0 Å². The summed E-state index contributed by atoms with van der Waals surface area (Å²) in [6, 6.07) is 20.0. The highest BCUT2D eigenvalue weighted by molar-refractivity contribution is 4.99. The zero-order valence-electron chi connectivity index (χ0n) is 7.77. The molecule has 0 atom stereocenters. The van der Waals surface area contributed by atoms with E-state index in [1.54, 1.807) is 0 Å². The van der Waals surface area contributed by atoms with Gasteiger partial charge in [-0.15, -0.1) is 0 Å². The van der Waals surface area contributed by atoms with Crippen molar-refractivity contribution in [3.63, 3.8) is 0 Å². The summed E-state index contributed by atoms with van der Waals surface area (Å²) in [6.07, 6.45) is 0. The van der Waals surface area contributed by atoms with Crippen molar-refractivity contribution >= 4 is 0 Å². The van der Waals surface area contributed by atoms with Crippen LogP contribution in [0.2, 0.25) is 0 Å². The Hall–Kier alpha value is -1.30. The Bertz CT molecular complexity index is 139. The molecule has 0 heterocycles. The Kier molecular flexibility index (Phi) is 8.65. The second-order valence-electron chi connectivity index (χ2n) is 1.92. The molecule has 0 N–H and O–H groups in total. The van der Waals surface area contributed by atoms with E-state index in [0.717, 1.165) is 0 Å². The highest BCUT2D eigenvalue weighted by Crippen LogP contribution is 1.80. The van der Waals surface area contributed by atoms with E-state index in [-0.39, 0.29) is 0 Å². The second kappa shape index (κ2) is 9.70. The molecule has 0 saturated heterocycles. The highest BCUT2D eigenvalue weighted by Gasteiger charge is 1.58. The van der Waals surface area contributed by atoms with Gasteiger partial charge in [-0.25, -0.2) is 0 Å². The van der Waals surface area contributed by atoms with Crippen molar-refractivity contribution in [3.05, 3.63) is 60.7 Å². The maximum atomic E-state index is 2.00. The summed E-state index contributed by atoms with van der Waals surface area (Å²) >= 11 is 0. The second-order valence-corrected chi connectivity index (χ2v) is 1.92. The summed E-state index contributed by atoms with van der Waals surface area (Å²) in [7, 11) is 0. The normalized spacial score (nSPS) is 7.17. The van der Waals surface area contributed by atoms with E-state index in [2.05, 4.69) is 0 Å². The molecule has 0 spiro atoms. The van der Waals surface area contributed by atoms with Gasteiger partial charge in [0, 0.05) is 0 Å². The van der Waals surface area contributed by atoms with Crippen molar-refractivity contribution in [2.24, 2.45) is 0 Å². The van der Waals surface area contributed by atoms with Gasteiger partial charge in [-0.1, -0.05) is 74.5 Å².